The molecule has 3 atom stereocenters. The van der Waals surface area contributed by atoms with E-state index < -0.39 is 0 Å². The maximum absolute atomic E-state index is 12.1. The second-order valence-electron chi connectivity index (χ2n) is 5.44. The zero-order valence-corrected chi connectivity index (χ0v) is 10.4. The van der Waals surface area contributed by atoms with Crippen LogP contribution >= 0.6 is 0 Å². The molecule has 3 heteroatoms. The summed E-state index contributed by atoms with van der Waals surface area (Å²) in [6.45, 7) is 0.937. The lowest BCUT2D eigenvalue weighted by Gasteiger charge is -2.27. The van der Waals surface area contributed by atoms with Gasteiger partial charge in [0.15, 0.2) is 0 Å². The van der Waals surface area contributed by atoms with E-state index >= 15 is 0 Å². The monoisotopic (exact) mass is 234 g/mol. The highest BCUT2D eigenvalue weighted by molar-refractivity contribution is 5.76. The molecule has 1 heterocycles. The van der Waals surface area contributed by atoms with Crippen LogP contribution in [-0.2, 0) is 4.79 Å². The SMILES string of the molecule is C#CCCCCC(=O)N1CC2CC(N)CC1C2. The van der Waals surface area contributed by atoms with Crippen LogP contribution in [0.2, 0.25) is 0 Å². The van der Waals surface area contributed by atoms with Crippen molar-refractivity contribution < 1.29 is 4.79 Å². The fraction of sp³-hybridized carbons (Fsp3) is 0.786. The van der Waals surface area contributed by atoms with Crippen LogP contribution in [-0.4, -0.2) is 29.4 Å². The molecule has 2 aliphatic rings. The number of unbranched alkanes of at least 4 members (excludes halogenated alkanes) is 2. The van der Waals surface area contributed by atoms with E-state index in [1.165, 1.54) is 6.42 Å². The fourth-order valence-electron chi connectivity index (χ4n) is 3.23. The molecule has 3 unspecified atom stereocenters. The molecule has 3 nitrogen and oxygen atoms in total. The molecule has 0 spiro atoms. The molecule has 1 aliphatic heterocycles. The molecule has 0 radical (unpaired) electrons. The van der Waals surface area contributed by atoms with E-state index in [4.69, 9.17) is 12.2 Å². The number of fused-ring (bicyclic) bond motifs is 2. The van der Waals surface area contributed by atoms with E-state index in [1.54, 1.807) is 0 Å². The lowest BCUT2D eigenvalue weighted by atomic mass is 9.87. The summed E-state index contributed by atoms with van der Waals surface area (Å²) >= 11 is 0. The highest BCUT2D eigenvalue weighted by atomic mass is 16.2. The summed E-state index contributed by atoms with van der Waals surface area (Å²) in [5.74, 6) is 3.57. The van der Waals surface area contributed by atoms with Crippen molar-refractivity contribution >= 4 is 5.91 Å². The normalized spacial score (nSPS) is 31.3. The first-order valence-electron chi connectivity index (χ1n) is 6.69. The fourth-order valence-corrected chi connectivity index (χ4v) is 3.23. The Morgan fingerprint density at radius 1 is 1.35 bits per heavy atom. The van der Waals surface area contributed by atoms with Crippen LogP contribution in [0.5, 0.6) is 0 Å². The topological polar surface area (TPSA) is 46.3 Å². The predicted octanol–water partition coefficient (Wildman–Crippen LogP) is 1.52. The number of nitrogens with zero attached hydrogens (tertiary/aromatic N) is 1. The highest BCUT2D eigenvalue weighted by Crippen LogP contribution is 2.35. The molecule has 94 valence electrons. The van der Waals surface area contributed by atoms with Crippen molar-refractivity contribution in [3.8, 4) is 12.3 Å². The summed E-state index contributed by atoms with van der Waals surface area (Å²) in [6, 6.07) is 0.724. The summed E-state index contributed by atoms with van der Waals surface area (Å²) < 4.78 is 0. The van der Waals surface area contributed by atoms with E-state index in [-0.39, 0.29) is 0 Å². The Morgan fingerprint density at radius 2 is 2.18 bits per heavy atom. The smallest absolute Gasteiger partial charge is 0.222 e. The molecule has 1 saturated carbocycles. The van der Waals surface area contributed by atoms with Crippen LogP contribution in [0.3, 0.4) is 0 Å². The van der Waals surface area contributed by atoms with Gasteiger partial charge < -0.3 is 10.6 Å². The molecular formula is C14H22N2O. The molecule has 2 bridgehead atoms. The molecule has 1 amide bonds. The Kier molecular flexibility index (Phi) is 4.06. The first kappa shape index (κ1) is 12.4. The highest BCUT2D eigenvalue weighted by Gasteiger charge is 2.39. The van der Waals surface area contributed by atoms with Crippen molar-refractivity contribution in [3.05, 3.63) is 0 Å². The number of amides is 1. The van der Waals surface area contributed by atoms with Gasteiger partial charge in [-0.3, -0.25) is 4.79 Å². The first-order valence-corrected chi connectivity index (χ1v) is 6.69. The zero-order chi connectivity index (χ0) is 12.3. The average Bonchev–Trinajstić information content (AvgIpc) is 2.60. The van der Waals surface area contributed by atoms with Crippen LogP contribution in [0.1, 0.15) is 44.9 Å². The molecule has 0 aromatic carbocycles. The number of nitrogens with two attached hydrogens (primary N) is 1. The minimum atomic E-state index is 0.304. The number of hydrogen-bond donors (Lipinski definition) is 1. The number of terminal acetylenes is 1. The largest absolute Gasteiger partial charge is 0.339 e. The number of carbonyl (C=O) groups is 1. The molecule has 2 rings (SSSR count). The third-order valence-electron chi connectivity index (χ3n) is 3.99. The minimum absolute atomic E-state index is 0.304. The quantitative estimate of drug-likeness (QED) is 0.592. The van der Waals surface area contributed by atoms with Crippen molar-refractivity contribution in [1.82, 2.24) is 4.90 Å². The summed E-state index contributed by atoms with van der Waals surface area (Å²) in [5.41, 5.74) is 6.00. The Labute approximate surface area is 104 Å². The van der Waals surface area contributed by atoms with Gasteiger partial charge in [0.05, 0.1) is 0 Å². The van der Waals surface area contributed by atoms with Gasteiger partial charge in [-0.1, -0.05) is 0 Å². The van der Waals surface area contributed by atoms with E-state index in [9.17, 15) is 4.79 Å². The van der Waals surface area contributed by atoms with Crippen molar-refractivity contribution in [3.63, 3.8) is 0 Å². The molecule has 1 saturated heterocycles. The van der Waals surface area contributed by atoms with Crippen molar-refractivity contribution in [1.29, 1.82) is 0 Å². The Hall–Kier alpha value is -1.01. The number of likely N-dealkylation sites (tertiary alicyclic amines) is 1. The molecule has 0 aromatic heterocycles. The van der Waals surface area contributed by atoms with Crippen LogP contribution in [0.4, 0.5) is 0 Å². The van der Waals surface area contributed by atoms with Crippen molar-refractivity contribution in [2.75, 3.05) is 6.54 Å². The van der Waals surface area contributed by atoms with Crippen molar-refractivity contribution in [2.24, 2.45) is 11.7 Å². The van der Waals surface area contributed by atoms with Gasteiger partial charge in [-0.05, 0) is 38.0 Å². The maximum Gasteiger partial charge on any atom is 0.222 e. The molecule has 2 fully saturated rings. The average molecular weight is 234 g/mol. The minimum Gasteiger partial charge on any atom is -0.339 e. The summed E-state index contributed by atoms with van der Waals surface area (Å²) in [4.78, 5) is 14.2. The lowest BCUT2D eigenvalue weighted by molar-refractivity contribution is -0.132. The second kappa shape index (κ2) is 5.55. The molecule has 2 N–H and O–H groups in total. The maximum atomic E-state index is 12.1. The van der Waals surface area contributed by atoms with Gasteiger partial charge in [0.2, 0.25) is 5.91 Å². The van der Waals surface area contributed by atoms with Crippen LogP contribution < -0.4 is 5.73 Å². The molecule has 1 aliphatic carbocycles. The van der Waals surface area contributed by atoms with Gasteiger partial charge in [0.1, 0.15) is 0 Å². The van der Waals surface area contributed by atoms with Gasteiger partial charge in [-0.15, -0.1) is 12.3 Å². The molecular weight excluding hydrogens is 212 g/mol. The van der Waals surface area contributed by atoms with Crippen molar-refractivity contribution in [2.45, 2.75) is 57.0 Å². The Morgan fingerprint density at radius 3 is 2.94 bits per heavy atom. The van der Waals surface area contributed by atoms with Crippen LogP contribution in [0, 0.1) is 18.3 Å². The summed E-state index contributed by atoms with van der Waals surface area (Å²) in [5, 5.41) is 0. The zero-order valence-electron chi connectivity index (χ0n) is 10.4. The number of hydrogen-bond acceptors (Lipinski definition) is 2. The van der Waals surface area contributed by atoms with Gasteiger partial charge in [0, 0.05) is 31.5 Å². The predicted molar refractivity (Wildman–Crippen MR) is 68.1 cm³/mol. The third-order valence-corrected chi connectivity index (χ3v) is 3.99. The van der Waals surface area contributed by atoms with Gasteiger partial charge in [0.25, 0.3) is 0 Å². The number of carbonyl (C=O) groups excluding carboxylic acids is 1. The van der Waals surface area contributed by atoms with E-state index in [0.29, 0.717) is 30.3 Å². The van der Waals surface area contributed by atoms with Gasteiger partial charge in [-0.2, -0.15) is 0 Å². The Balaban J connectivity index is 1.79. The summed E-state index contributed by atoms with van der Waals surface area (Å²) in [6.07, 6.45) is 11.8. The van der Waals surface area contributed by atoms with Crippen LogP contribution in [0.25, 0.3) is 0 Å². The van der Waals surface area contributed by atoms with E-state index in [1.807, 2.05) is 0 Å². The van der Waals surface area contributed by atoms with Crippen LogP contribution in [0.15, 0.2) is 0 Å². The molecule has 17 heavy (non-hydrogen) atoms. The first-order chi connectivity index (χ1) is 8.20. The standard InChI is InChI=1S/C14H22N2O/c1-2-3-4-5-6-14(17)16-10-11-7-12(15)9-13(16)8-11/h1,11-13H,3-10,15H2. The second-order valence-corrected chi connectivity index (χ2v) is 5.44. The molecule has 0 aromatic rings. The van der Waals surface area contributed by atoms with E-state index in [2.05, 4.69) is 10.8 Å². The Bertz CT molecular complexity index is 321. The third kappa shape index (κ3) is 3.01. The van der Waals surface area contributed by atoms with E-state index in [0.717, 1.165) is 38.6 Å². The number of rotatable bonds is 4. The van der Waals surface area contributed by atoms with Gasteiger partial charge >= 0.3 is 0 Å². The summed E-state index contributed by atoms with van der Waals surface area (Å²) in [7, 11) is 0. The van der Waals surface area contributed by atoms with Gasteiger partial charge in [-0.25, -0.2) is 0 Å². The lowest BCUT2D eigenvalue weighted by Crippen LogP contribution is -2.38.